The third-order valence-corrected chi connectivity index (χ3v) is 2.44. The minimum atomic E-state index is -0.367. The first-order valence-corrected chi connectivity index (χ1v) is 6.69. The van der Waals surface area contributed by atoms with E-state index in [1.54, 1.807) is 31.2 Å². The molecule has 0 atom stereocenters. The Bertz CT molecular complexity index is 440. The Morgan fingerprint density at radius 3 is 2.40 bits per heavy atom. The Hall–Kier alpha value is -2.04. The van der Waals surface area contributed by atoms with E-state index >= 15 is 0 Å². The number of carbonyl (C=O) groups is 2. The van der Waals surface area contributed by atoms with Crippen molar-refractivity contribution in [1.29, 1.82) is 0 Å². The normalized spacial score (nSPS) is 10.2. The fraction of sp³-hybridized carbons (Fsp3) is 0.467. The molecule has 1 aromatic carbocycles. The van der Waals surface area contributed by atoms with Crippen LogP contribution in [-0.2, 0) is 9.53 Å². The Morgan fingerprint density at radius 2 is 1.85 bits per heavy atom. The zero-order chi connectivity index (χ0) is 15.0. The van der Waals surface area contributed by atoms with Crippen LogP contribution in [0.3, 0.4) is 0 Å². The van der Waals surface area contributed by atoms with Crippen molar-refractivity contribution in [3.8, 4) is 5.75 Å². The highest BCUT2D eigenvalue weighted by atomic mass is 16.5. The van der Waals surface area contributed by atoms with Gasteiger partial charge in [0, 0.05) is 6.54 Å². The minimum Gasteiger partial charge on any atom is -0.484 e. The maximum atomic E-state index is 11.5. The Labute approximate surface area is 119 Å². The van der Waals surface area contributed by atoms with E-state index in [4.69, 9.17) is 9.47 Å². The van der Waals surface area contributed by atoms with Crippen LogP contribution in [0.1, 0.15) is 31.1 Å². The van der Waals surface area contributed by atoms with Crippen LogP contribution in [0.2, 0.25) is 0 Å². The molecule has 0 unspecified atom stereocenters. The van der Waals surface area contributed by atoms with E-state index in [0.29, 0.717) is 30.4 Å². The topological polar surface area (TPSA) is 64.6 Å². The van der Waals surface area contributed by atoms with Gasteiger partial charge in [-0.25, -0.2) is 4.79 Å². The zero-order valence-electron chi connectivity index (χ0n) is 12.1. The average Bonchev–Trinajstić information content (AvgIpc) is 2.43. The standard InChI is InChI=1S/C15H21NO4/c1-4-19-15(18)12-5-7-13(8-6-12)20-10-14(17)16-9-11(2)3/h5-8,11H,4,9-10H2,1-3H3,(H,16,17). The lowest BCUT2D eigenvalue weighted by molar-refractivity contribution is -0.123. The molecule has 1 rings (SSSR count). The van der Waals surface area contributed by atoms with Gasteiger partial charge in [0.15, 0.2) is 6.61 Å². The van der Waals surface area contributed by atoms with Gasteiger partial charge in [-0.2, -0.15) is 0 Å². The fourth-order valence-corrected chi connectivity index (χ4v) is 1.42. The summed E-state index contributed by atoms with van der Waals surface area (Å²) in [7, 11) is 0. The molecule has 20 heavy (non-hydrogen) atoms. The van der Waals surface area contributed by atoms with Crippen LogP contribution in [0, 0.1) is 5.92 Å². The number of esters is 1. The van der Waals surface area contributed by atoms with Gasteiger partial charge < -0.3 is 14.8 Å². The molecule has 5 nitrogen and oxygen atoms in total. The summed E-state index contributed by atoms with van der Waals surface area (Å²) in [5.41, 5.74) is 0.462. The minimum absolute atomic E-state index is 0.0362. The van der Waals surface area contributed by atoms with Crippen molar-refractivity contribution < 1.29 is 19.1 Å². The zero-order valence-corrected chi connectivity index (χ0v) is 12.1. The molecule has 0 bridgehead atoms. The van der Waals surface area contributed by atoms with Crippen molar-refractivity contribution in [2.24, 2.45) is 5.92 Å². The summed E-state index contributed by atoms with van der Waals surface area (Å²) in [6.07, 6.45) is 0. The molecule has 0 radical (unpaired) electrons. The van der Waals surface area contributed by atoms with Crippen LogP contribution in [0.15, 0.2) is 24.3 Å². The molecular formula is C15H21NO4. The quantitative estimate of drug-likeness (QED) is 0.775. The number of amides is 1. The lowest BCUT2D eigenvalue weighted by Gasteiger charge is -2.09. The number of ether oxygens (including phenoxy) is 2. The van der Waals surface area contributed by atoms with Crippen molar-refractivity contribution in [2.45, 2.75) is 20.8 Å². The summed E-state index contributed by atoms with van der Waals surface area (Å²) in [5.74, 6) is 0.419. The first-order chi connectivity index (χ1) is 9.52. The van der Waals surface area contributed by atoms with E-state index in [9.17, 15) is 9.59 Å². The molecule has 1 N–H and O–H groups in total. The fourth-order valence-electron chi connectivity index (χ4n) is 1.42. The van der Waals surface area contributed by atoms with Crippen LogP contribution in [0.25, 0.3) is 0 Å². The molecular weight excluding hydrogens is 258 g/mol. The molecule has 0 aliphatic carbocycles. The van der Waals surface area contributed by atoms with Crippen molar-refractivity contribution in [3.63, 3.8) is 0 Å². The van der Waals surface area contributed by atoms with E-state index in [2.05, 4.69) is 5.32 Å². The van der Waals surface area contributed by atoms with Crippen molar-refractivity contribution >= 4 is 11.9 Å². The first kappa shape index (κ1) is 16.0. The van der Waals surface area contributed by atoms with Crippen LogP contribution < -0.4 is 10.1 Å². The van der Waals surface area contributed by atoms with Gasteiger partial charge in [-0.1, -0.05) is 13.8 Å². The molecule has 0 aliphatic heterocycles. The third-order valence-electron chi connectivity index (χ3n) is 2.44. The van der Waals surface area contributed by atoms with Gasteiger partial charge in [0.1, 0.15) is 5.75 Å². The summed E-state index contributed by atoms with van der Waals surface area (Å²) in [6, 6.07) is 6.50. The van der Waals surface area contributed by atoms with Gasteiger partial charge in [-0.15, -0.1) is 0 Å². The second-order valence-corrected chi connectivity index (χ2v) is 4.73. The van der Waals surface area contributed by atoms with Crippen molar-refractivity contribution in [3.05, 3.63) is 29.8 Å². The summed E-state index contributed by atoms with van der Waals surface area (Å²) >= 11 is 0. The molecule has 110 valence electrons. The molecule has 0 saturated heterocycles. The van der Waals surface area contributed by atoms with Gasteiger partial charge in [0.2, 0.25) is 0 Å². The SMILES string of the molecule is CCOC(=O)c1ccc(OCC(=O)NCC(C)C)cc1. The maximum Gasteiger partial charge on any atom is 0.338 e. The molecule has 5 heteroatoms. The highest BCUT2D eigenvalue weighted by Gasteiger charge is 2.07. The smallest absolute Gasteiger partial charge is 0.338 e. The predicted molar refractivity (Wildman–Crippen MR) is 75.7 cm³/mol. The number of carbonyl (C=O) groups excluding carboxylic acids is 2. The lowest BCUT2D eigenvalue weighted by Crippen LogP contribution is -2.31. The van der Waals surface area contributed by atoms with Gasteiger partial charge >= 0.3 is 5.97 Å². The van der Waals surface area contributed by atoms with E-state index < -0.39 is 0 Å². The van der Waals surface area contributed by atoms with Gasteiger partial charge in [-0.05, 0) is 37.1 Å². The third kappa shape index (κ3) is 5.73. The Kier molecular flexibility index (Phi) is 6.56. The van der Waals surface area contributed by atoms with E-state index in [1.165, 1.54) is 0 Å². The highest BCUT2D eigenvalue weighted by Crippen LogP contribution is 2.12. The molecule has 0 spiro atoms. The van der Waals surface area contributed by atoms with Gasteiger partial charge in [-0.3, -0.25) is 4.79 Å². The lowest BCUT2D eigenvalue weighted by atomic mass is 10.2. The van der Waals surface area contributed by atoms with Crippen molar-refractivity contribution in [1.82, 2.24) is 5.32 Å². The summed E-state index contributed by atoms with van der Waals surface area (Å²) in [4.78, 5) is 22.9. The predicted octanol–water partition coefficient (Wildman–Crippen LogP) is 2.01. The van der Waals surface area contributed by atoms with E-state index in [-0.39, 0.29) is 18.5 Å². The second-order valence-electron chi connectivity index (χ2n) is 4.73. The number of hydrogen-bond acceptors (Lipinski definition) is 4. The van der Waals surface area contributed by atoms with Crippen molar-refractivity contribution in [2.75, 3.05) is 19.8 Å². The number of rotatable bonds is 7. The summed E-state index contributed by atoms with van der Waals surface area (Å²) in [5, 5.41) is 2.76. The molecule has 0 aliphatic rings. The Morgan fingerprint density at radius 1 is 1.20 bits per heavy atom. The van der Waals surface area contributed by atoms with Gasteiger partial charge in [0.25, 0.3) is 5.91 Å². The van der Waals surface area contributed by atoms with Crippen LogP contribution in [0.5, 0.6) is 5.75 Å². The molecule has 0 aromatic heterocycles. The van der Waals surface area contributed by atoms with Gasteiger partial charge in [0.05, 0.1) is 12.2 Å². The highest BCUT2D eigenvalue weighted by molar-refractivity contribution is 5.89. The number of benzene rings is 1. The molecule has 1 amide bonds. The first-order valence-electron chi connectivity index (χ1n) is 6.69. The number of nitrogens with one attached hydrogen (secondary N) is 1. The molecule has 1 aromatic rings. The summed E-state index contributed by atoms with van der Waals surface area (Å²) < 4.78 is 10.2. The summed E-state index contributed by atoms with van der Waals surface area (Å²) in [6.45, 7) is 6.73. The van der Waals surface area contributed by atoms with E-state index in [0.717, 1.165) is 0 Å². The Balaban J connectivity index is 2.42. The maximum absolute atomic E-state index is 11.5. The number of hydrogen-bond donors (Lipinski definition) is 1. The van der Waals surface area contributed by atoms with Crippen LogP contribution >= 0.6 is 0 Å². The van der Waals surface area contributed by atoms with Crippen LogP contribution in [0.4, 0.5) is 0 Å². The molecule has 0 fully saturated rings. The van der Waals surface area contributed by atoms with E-state index in [1.807, 2.05) is 13.8 Å². The molecule has 0 saturated carbocycles. The van der Waals surface area contributed by atoms with Crippen LogP contribution in [-0.4, -0.2) is 31.6 Å². The molecule has 0 heterocycles. The monoisotopic (exact) mass is 279 g/mol. The average molecular weight is 279 g/mol. The largest absolute Gasteiger partial charge is 0.484 e. The second kappa shape index (κ2) is 8.19.